The predicted molar refractivity (Wildman–Crippen MR) is 112 cm³/mol. The summed E-state index contributed by atoms with van der Waals surface area (Å²) in [5.74, 6) is 0. The van der Waals surface area contributed by atoms with E-state index in [0.717, 1.165) is 43.3 Å². The molecule has 0 amide bonds. The van der Waals surface area contributed by atoms with Crippen molar-refractivity contribution in [3.63, 3.8) is 0 Å². The van der Waals surface area contributed by atoms with Gasteiger partial charge in [-0.2, -0.15) is 0 Å². The van der Waals surface area contributed by atoms with Crippen molar-refractivity contribution >= 4 is 65.0 Å². The molecule has 0 spiro atoms. The SMILES string of the molecule is CCCCCCn1c2cc(Br)c([N+](=O)[O-])cc2c2cc([N+](=O)[O-])c(Br)cc21. The summed E-state index contributed by atoms with van der Waals surface area (Å²) in [7, 11) is 0. The third-order valence-electron chi connectivity index (χ3n) is 4.63. The van der Waals surface area contributed by atoms with Gasteiger partial charge in [0.15, 0.2) is 0 Å². The van der Waals surface area contributed by atoms with Gasteiger partial charge in [0.05, 0.1) is 29.8 Å². The summed E-state index contributed by atoms with van der Waals surface area (Å²) >= 11 is 6.56. The van der Waals surface area contributed by atoms with Crippen molar-refractivity contribution in [2.24, 2.45) is 0 Å². The molecule has 0 aliphatic heterocycles. The molecular weight excluding hydrogens is 482 g/mol. The first-order chi connectivity index (χ1) is 12.8. The lowest BCUT2D eigenvalue weighted by Gasteiger charge is -2.08. The summed E-state index contributed by atoms with van der Waals surface area (Å²) < 4.78 is 2.88. The fourth-order valence-electron chi connectivity index (χ4n) is 3.33. The maximum atomic E-state index is 11.3. The summed E-state index contributed by atoms with van der Waals surface area (Å²) in [5, 5.41) is 24.0. The average Bonchev–Trinajstić information content (AvgIpc) is 2.88. The molecule has 9 heteroatoms. The van der Waals surface area contributed by atoms with Gasteiger partial charge in [-0.05, 0) is 50.4 Å². The van der Waals surface area contributed by atoms with E-state index in [-0.39, 0.29) is 11.4 Å². The van der Waals surface area contributed by atoms with Gasteiger partial charge in [-0.15, -0.1) is 0 Å². The van der Waals surface area contributed by atoms with Crippen LogP contribution in [0.1, 0.15) is 32.6 Å². The minimum absolute atomic E-state index is 0.0573. The van der Waals surface area contributed by atoms with Crippen LogP contribution in [0.4, 0.5) is 11.4 Å². The molecule has 3 aromatic rings. The van der Waals surface area contributed by atoms with Crippen LogP contribution < -0.4 is 0 Å². The van der Waals surface area contributed by atoms with E-state index in [1.165, 1.54) is 12.1 Å². The van der Waals surface area contributed by atoms with E-state index in [9.17, 15) is 20.2 Å². The first-order valence-electron chi connectivity index (χ1n) is 8.59. The van der Waals surface area contributed by atoms with Crippen LogP contribution in [0, 0.1) is 20.2 Å². The molecule has 0 N–H and O–H groups in total. The molecule has 0 aliphatic carbocycles. The van der Waals surface area contributed by atoms with E-state index in [2.05, 4.69) is 43.4 Å². The van der Waals surface area contributed by atoms with Gasteiger partial charge in [0, 0.05) is 29.4 Å². The summed E-state index contributed by atoms with van der Waals surface area (Å²) in [6.45, 7) is 2.89. The van der Waals surface area contributed by atoms with Crippen molar-refractivity contribution in [1.29, 1.82) is 0 Å². The minimum Gasteiger partial charge on any atom is -0.340 e. The number of benzene rings is 2. The lowest BCUT2D eigenvalue weighted by Crippen LogP contribution is -1.99. The Hall–Kier alpha value is -2.00. The Labute approximate surface area is 171 Å². The summed E-state index contributed by atoms with van der Waals surface area (Å²) in [6.07, 6.45) is 4.32. The number of hydrogen-bond acceptors (Lipinski definition) is 4. The van der Waals surface area contributed by atoms with Gasteiger partial charge in [0.1, 0.15) is 0 Å². The molecule has 0 aliphatic rings. The van der Waals surface area contributed by atoms with Crippen LogP contribution in [0.25, 0.3) is 21.8 Å². The number of nitro benzene ring substituents is 2. The topological polar surface area (TPSA) is 91.2 Å². The quantitative estimate of drug-likeness (QED) is 0.205. The zero-order chi connectivity index (χ0) is 19.7. The second-order valence-electron chi connectivity index (χ2n) is 6.37. The molecule has 7 nitrogen and oxygen atoms in total. The zero-order valence-electron chi connectivity index (χ0n) is 14.6. The number of halogens is 2. The fourth-order valence-corrected chi connectivity index (χ4v) is 4.28. The Morgan fingerprint density at radius 1 is 0.852 bits per heavy atom. The van der Waals surface area contributed by atoms with Crippen molar-refractivity contribution in [1.82, 2.24) is 4.57 Å². The molecule has 2 aromatic carbocycles. The highest BCUT2D eigenvalue weighted by molar-refractivity contribution is 9.11. The monoisotopic (exact) mass is 497 g/mol. The molecule has 0 atom stereocenters. The zero-order valence-corrected chi connectivity index (χ0v) is 17.7. The van der Waals surface area contributed by atoms with Gasteiger partial charge in [-0.1, -0.05) is 26.2 Å². The molecule has 0 radical (unpaired) electrons. The van der Waals surface area contributed by atoms with Crippen LogP contribution in [0.3, 0.4) is 0 Å². The van der Waals surface area contributed by atoms with Gasteiger partial charge >= 0.3 is 0 Å². The molecule has 1 aromatic heterocycles. The van der Waals surface area contributed by atoms with Gasteiger partial charge in [0.25, 0.3) is 11.4 Å². The molecule has 0 bridgehead atoms. The number of aryl methyl sites for hydroxylation is 1. The fraction of sp³-hybridized carbons (Fsp3) is 0.333. The summed E-state index contributed by atoms with van der Waals surface area (Å²) in [4.78, 5) is 21.8. The van der Waals surface area contributed by atoms with Gasteiger partial charge < -0.3 is 4.57 Å². The van der Waals surface area contributed by atoms with E-state index >= 15 is 0 Å². The van der Waals surface area contributed by atoms with E-state index in [1.807, 2.05) is 0 Å². The van der Waals surface area contributed by atoms with Crippen molar-refractivity contribution in [3.05, 3.63) is 53.4 Å². The normalized spacial score (nSPS) is 11.4. The second-order valence-corrected chi connectivity index (χ2v) is 8.08. The summed E-state index contributed by atoms with van der Waals surface area (Å²) in [5.41, 5.74) is 1.54. The molecule has 3 rings (SSSR count). The summed E-state index contributed by atoms with van der Waals surface area (Å²) in [6, 6.07) is 6.43. The molecule has 0 fully saturated rings. The van der Waals surface area contributed by atoms with Crippen molar-refractivity contribution < 1.29 is 9.85 Å². The number of rotatable bonds is 7. The number of aromatic nitrogens is 1. The van der Waals surface area contributed by atoms with Crippen molar-refractivity contribution in [2.45, 2.75) is 39.2 Å². The van der Waals surface area contributed by atoms with Crippen LogP contribution in [-0.2, 0) is 6.54 Å². The number of unbranched alkanes of at least 4 members (excludes halogenated alkanes) is 3. The molecule has 0 saturated carbocycles. The highest BCUT2D eigenvalue weighted by Gasteiger charge is 2.22. The number of fused-ring (bicyclic) bond motifs is 3. The Kier molecular flexibility index (Phi) is 5.81. The van der Waals surface area contributed by atoms with E-state index in [1.54, 1.807) is 12.1 Å². The average molecular weight is 499 g/mol. The Morgan fingerprint density at radius 3 is 1.74 bits per heavy atom. The first-order valence-corrected chi connectivity index (χ1v) is 10.2. The number of nitro groups is 2. The number of hydrogen-bond donors (Lipinski definition) is 0. The lowest BCUT2D eigenvalue weighted by atomic mass is 10.1. The largest absolute Gasteiger partial charge is 0.340 e. The van der Waals surface area contributed by atoms with E-state index in [0.29, 0.717) is 19.7 Å². The molecule has 142 valence electrons. The molecular formula is C18H17Br2N3O4. The van der Waals surface area contributed by atoms with Gasteiger partial charge in [0.2, 0.25) is 0 Å². The van der Waals surface area contributed by atoms with Crippen LogP contribution in [0.5, 0.6) is 0 Å². The molecule has 27 heavy (non-hydrogen) atoms. The highest BCUT2D eigenvalue weighted by Crippen LogP contribution is 2.40. The van der Waals surface area contributed by atoms with Crippen LogP contribution in [-0.4, -0.2) is 14.4 Å². The third-order valence-corrected chi connectivity index (χ3v) is 5.90. The highest BCUT2D eigenvalue weighted by atomic mass is 79.9. The van der Waals surface area contributed by atoms with Crippen LogP contribution in [0.15, 0.2) is 33.2 Å². The lowest BCUT2D eigenvalue weighted by molar-refractivity contribution is -0.385. The molecule has 0 unspecified atom stereocenters. The van der Waals surface area contributed by atoms with Crippen molar-refractivity contribution in [3.8, 4) is 0 Å². The smallest absolute Gasteiger partial charge is 0.284 e. The van der Waals surface area contributed by atoms with Crippen LogP contribution >= 0.6 is 31.9 Å². The number of nitrogens with zero attached hydrogens (tertiary/aromatic N) is 3. The third kappa shape index (κ3) is 3.70. The van der Waals surface area contributed by atoms with Crippen molar-refractivity contribution in [2.75, 3.05) is 0 Å². The Morgan fingerprint density at radius 2 is 1.33 bits per heavy atom. The first kappa shape index (κ1) is 19.8. The predicted octanol–water partition coefficient (Wildman–Crippen LogP) is 6.72. The minimum atomic E-state index is -0.457. The maximum absolute atomic E-state index is 11.3. The van der Waals surface area contributed by atoms with Gasteiger partial charge in [-0.3, -0.25) is 20.2 Å². The molecule has 1 heterocycles. The van der Waals surface area contributed by atoms with Crippen LogP contribution in [0.2, 0.25) is 0 Å². The van der Waals surface area contributed by atoms with E-state index < -0.39 is 9.85 Å². The Bertz CT molecular complexity index is 985. The molecule has 0 saturated heterocycles. The maximum Gasteiger partial charge on any atom is 0.284 e. The standard InChI is InChI=1S/C18H17Br2N3O4/c1-2-3-4-5-6-21-15-9-13(19)17(22(24)25)7-11(15)12-8-18(23(26)27)14(20)10-16(12)21/h7-10H,2-6H2,1H3. The van der Waals surface area contributed by atoms with E-state index in [4.69, 9.17) is 0 Å². The second kappa shape index (κ2) is 7.93. The van der Waals surface area contributed by atoms with Gasteiger partial charge in [-0.25, -0.2) is 0 Å². The Balaban J connectivity index is 2.29.